The molecule has 2 heterocycles. The van der Waals surface area contributed by atoms with Crippen LogP contribution in [0.4, 0.5) is 0 Å². The average Bonchev–Trinajstić information content (AvgIpc) is 2.29. The van der Waals surface area contributed by atoms with Gasteiger partial charge in [-0.05, 0) is 18.1 Å². The number of nitrogens with one attached hydrogen (secondary N) is 1. The fourth-order valence-corrected chi connectivity index (χ4v) is 2.03. The van der Waals surface area contributed by atoms with Crippen molar-refractivity contribution in [3.05, 3.63) is 29.0 Å². The molecule has 4 heteroatoms. The number of piperazine rings is 1. The Labute approximate surface area is 95.4 Å². The largest absolute Gasteiger partial charge is 0.314 e. The zero-order valence-electron chi connectivity index (χ0n) is 8.75. The van der Waals surface area contributed by atoms with Crippen molar-refractivity contribution in [2.75, 3.05) is 32.7 Å². The van der Waals surface area contributed by atoms with Crippen LogP contribution in [-0.4, -0.2) is 42.6 Å². The molecular formula is C11H16ClN3. The first-order valence-electron chi connectivity index (χ1n) is 5.39. The minimum Gasteiger partial charge on any atom is -0.314 e. The Balaban J connectivity index is 1.84. The lowest BCUT2D eigenvalue weighted by Crippen LogP contribution is -2.44. The van der Waals surface area contributed by atoms with Gasteiger partial charge in [-0.1, -0.05) is 17.7 Å². The van der Waals surface area contributed by atoms with Crippen molar-refractivity contribution in [3.8, 4) is 0 Å². The Hall–Kier alpha value is -0.640. The third kappa shape index (κ3) is 3.16. The van der Waals surface area contributed by atoms with Gasteiger partial charge in [0.2, 0.25) is 0 Å². The maximum atomic E-state index is 6.00. The summed E-state index contributed by atoms with van der Waals surface area (Å²) >= 11 is 6.00. The number of aromatic nitrogens is 1. The van der Waals surface area contributed by atoms with E-state index in [1.165, 1.54) is 0 Å². The molecular weight excluding hydrogens is 210 g/mol. The molecule has 1 fully saturated rings. The van der Waals surface area contributed by atoms with Crippen LogP contribution in [0.15, 0.2) is 18.3 Å². The Kier molecular flexibility index (Phi) is 3.94. The maximum Gasteiger partial charge on any atom is 0.132 e. The SMILES string of the molecule is Clc1ncccc1CCN1CCNCC1. The average molecular weight is 226 g/mol. The number of halogens is 1. The molecule has 0 aromatic carbocycles. The second kappa shape index (κ2) is 5.45. The van der Waals surface area contributed by atoms with Crippen molar-refractivity contribution in [2.24, 2.45) is 0 Å². The van der Waals surface area contributed by atoms with Crippen LogP contribution < -0.4 is 5.32 Å². The molecule has 0 aliphatic carbocycles. The Morgan fingerprint density at radius 2 is 2.20 bits per heavy atom. The molecule has 1 aromatic rings. The van der Waals surface area contributed by atoms with Crippen LogP contribution in [-0.2, 0) is 6.42 Å². The van der Waals surface area contributed by atoms with E-state index < -0.39 is 0 Å². The minimum absolute atomic E-state index is 0.646. The number of pyridine rings is 1. The molecule has 1 aliphatic rings. The maximum absolute atomic E-state index is 6.00. The first kappa shape index (κ1) is 10.9. The van der Waals surface area contributed by atoms with Crippen molar-refractivity contribution < 1.29 is 0 Å². The van der Waals surface area contributed by atoms with Gasteiger partial charge in [-0.25, -0.2) is 4.98 Å². The second-order valence-corrected chi connectivity index (χ2v) is 4.15. The van der Waals surface area contributed by atoms with Gasteiger partial charge in [0, 0.05) is 38.9 Å². The third-order valence-electron chi connectivity index (χ3n) is 2.74. The molecule has 0 spiro atoms. The predicted molar refractivity (Wildman–Crippen MR) is 62.3 cm³/mol. The van der Waals surface area contributed by atoms with Crippen LogP contribution in [0.5, 0.6) is 0 Å². The molecule has 0 atom stereocenters. The predicted octanol–water partition coefficient (Wildman–Crippen LogP) is 1.18. The quantitative estimate of drug-likeness (QED) is 0.784. The fourth-order valence-electron chi connectivity index (χ4n) is 1.82. The van der Waals surface area contributed by atoms with Crippen molar-refractivity contribution in [1.82, 2.24) is 15.2 Å². The summed E-state index contributed by atoms with van der Waals surface area (Å²) in [4.78, 5) is 6.54. The van der Waals surface area contributed by atoms with Crippen LogP contribution in [0, 0.1) is 0 Å². The van der Waals surface area contributed by atoms with Gasteiger partial charge >= 0.3 is 0 Å². The van der Waals surface area contributed by atoms with E-state index in [0.29, 0.717) is 5.15 Å². The molecule has 3 nitrogen and oxygen atoms in total. The molecule has 0 unspecified atom stereocenters. The molecule has 1 N–H and O–H groups in total. The van der Waals surface area contributed by atoms with E-state index in [1.54, 1.807) is 6.20 Å². The Morgan fingerprint density at radius 3 is 2.93 bits per heavy atom. The van der Waals surface area contributed by atoms with Crippen molar-refractivity contribution in [2.45, 2.75) is 6.42 Å². The van der Waals surface area contributed by atoms with Crippen molar-refractivity contribution >= 4 is 11.6 Å². The molecule has 0 bridgehead atoms. The smallest absolute Gasteiger partial charge is 0.132 e. The van der Waals surface area contributed by atoms with Gasteiger partial charge in [0.25, 0.3) is 0 Å². The summed E-state index contributed by atoms with van der Waals surface area (Å²) in [5.74, 6) is 0. The van der Waals surface area contributed by atoms with Crippen LogP contribution in [0.3, 0.4) is 0 Å². The van der Waals surface area contributed by atoms with Crippen LogP contribution in [0.2, 0.25) is 5.15 Å². The molecule has 0 saturated carbocycles. The van der Waals surface area contributed by atoms with E-state index in [1.807, 2.05) is 6.07 Å². The van der Waals surface area contributed by atoms with E-state index >= 15 is 0 Å². The van der Waals surface area contributed by atoms with Gasteiger partial charge in [0.05, 0.1) is 0 Å². The zero-order chi connectivity index (χ0) is 10.5. The second-order valence-electron chi connectivity index (χ2n) is 3.79. The summed E-state index contributed by atoms with van der Waals surface area (Å²) in [7, 11) is 0. The summed E-state index contributed by atoms with van der Waals surface area (Å²) in [6.45, 7) is 5.55. The topological polar surface area (TPSA) is 28.2 Å². The summed E-state index contributed by atoms with van der Waals surface area (Å²) < 4.78 is 0. The Bertz CT molecular complexity index is 310. The van der Waals surface area contributed by atoms with Gasteiger partial charge in [-0.15, -0.1) is 0 Å². The number of hydrogen-bond acceptors (Lipinski definition) is 3. The molecule has 0 amide bonds. The first-order valence-corrected chi connectivity index (χ1v) is 5.76. The highest BCUT2D eigenvalue weighted by atomic mass is 35.5. The van der Waals surface area contributed by atoms with E-state index in [4.69, 9.17) is 11.6 Å². The van der Waals surface area contributed by atoms with E-state index in [9.17, 15) is 0 Å². The van der Waals surface area contributed by atoms with Crippen LogP contribution in [0.1, 0.15) is 5.56 Å². The monoisotopic (exact) mass is 225 g/mol. The van der Waals surface area contributed by atoms with Gasteiger partial charge < -0.3 is 10.2 Å². The molecule has 82 valence electrons. The van der Waals surface area contributed by atoms with Crippen molar-refractivity contribution in [3.63, 3.8) is 0 Å². The highest BCUT2D eigenvalue weighted by Gasteiger charge is 2.09. The minimum atomic E-state index is 0.646. The van der Waals surface area contributed by atoms with Gasteiger partial charge in [0.1, 0.15) is 5.15 Å². The third-order valence-corrected chi connectivity index (χ3v) is 3.08. The van der Waals surface area contributed by atoms with Crippen LogP contribution >= 0.6 is 11.6 Å². The summed E-state index contributed by atoms with van der Waals surface area (Å²) in [6, 6.07) is 4.00. The van der Waals surface area contributed by atoms with E-state index in [2.05, 4.69) is 21.3 Å². The molecule has 0 radical (unpaired) electrons. The lowest BCUT2D eigenvalue weighted by molar-refractivity contribution is 0.244. The van der Waals surface area contributed by atoms with E-state index in [-0.39, 0.29) is 0 Å². The summed E-state index contributed by atoms with van der Waals surface area (Å²) in [6.07, 6.45) is 2.73. The zero-order valence-corrected chi connectivity index (χ0v) is 9.50. The van der Waals surface area contributed by atoms with Gasteiger partial charge in [-0.2, -0.15) is 0 Å². The normalized spacial score (nSPS) is 17.9. The Morgan fingerprint density at radius 1 is 1.40 bits per heavy atom. The fraction of sp³-hybridized carbons (Fsp3) is 0.545. The van der Waals surface area contributed by atoms with Gasteiger partial charge in [0.15, 0.2) is 0 Å². The molecule has 2 rings (SSSR count). The molecule has 15 heavy (non-hydrogen) atoms. The first-order chi connectivity index (χ1) is 7.36. The highest BCUT2D eigenvalue weighted by Crippen LogP contribution is 2.12. The standard InChI is InChI=1S/C11H16ClN3/c12-11-10(2-1-4-14-11)3-7-15-8-5-13-6-9-15/h1-2,4,13H,3,5-9H2. The van der Waals surface area contributed by atoms with Crippen LogP contribution in [0.25, 0.3) is 0 Å². The molecule has 1 saturated heterocycles. The number of hydrogen-bond donors (Lipinski definition) is 1. The summed E-state index contributed by atoms with van der Waals surface area (Å²) in [5, 5.41) is 3.99. The molecule has 1 aromatic heterocycles. The molecule has 1 aliphatic heterocycles. The van der Waals surface area contributed by atoms with E-state index in [0.717, 1.165) is 44.7 Å². The lowest BCUT2D eigenvalue weighted by Gasteiger charge is -2.27. The number of nitrogens with zero attached hydrogens (tertiary/aromatic N) is 2. The summed E-state index contributed by atoms with van der Waals surface area (Å²) in [5.41, 5.74) is 1.15. The lowest BCUT2D eigenvalue weighted by atomic mass is 10.2. The van der Waals surface area contributed by atoms with Crippen molar-refractivity contribution in [1.29, 1.82) is 0 Å². The van der Waals surface area contributed by atoms with Gasteiger partial charge in [-0.3, -0.25) is 0 Å². The number of rotatable bonds is 3. The highest BCUT2D eigenvalue weighted by molar-refractivity contribution is 6.30.